The summed E-state index contributed by atoms with van der Waals surface area (Å²) in [5, 5.41) is 14.1. The zero-order chi connectivity index (χ0) is 38.0. The summed E-state index contributed by atoms with van der Waals surface area (Å²) in [6.07, 6.45) is -8.62. The highest BCUT2D eigenvalue weighted by atomic mass is 19.4. The number of rotatable bonds is 17. The van der Waals surface area contributed by atoms with Gasteiger partial charge in [-0.1, -0.05) is 38.1 Å². The van der Waals surface area contributed by atoms with E-state index >= 15 is 0 Å². The summed E-state index contributed by atoms with van der Waals surface area (Å²) in [6.45, 7) is 5.57. The fourth-order valence-corrected chi connectivity index (χ4v) is 4.74. The molecule has 2 aromatic rings. The van der Waals surface area contributed by atoms with Crippen LogP contribution in [0, 0.1) is 11.8 Å². The van der Waals surface area contributed by atoms with Crippen molar-refractivity contribution in [2.24, 2.45) is 17.6 Å². The number of nitrogens with two attached hydrogens (primary N) is 1. The van der Waals surface area contributed by atoms with Crippen molar-refractivity contribution >= 4 is 23.6 Å². The second kappa shape index (κ2) is 17.6. The number of ether oxygens (including phenoxy) is 3. The van der Waals surface area contributed by atoms with Crippen molar-refractivity contribution in [1.82, 2.24) is 10.6 Å². The topological polar surface area (TPSA) is 166 Å². The van der Waals surface area contributed by atoms with Crippen LogP contribution in [0.2, 0.25) is 0 Å². The Hall–Kier alpha value is -4.31. The lowest BCUT2D eigenvalue weighted by Gasteiger charge is -2.32. The molecule has 4 atom stereocenters. The summed E-state index contributed by atoms with van der Waals surface area (Å²) in [4.78, 5) is 50.8. The zero-order valence-electron chi connectivity index (χ0n) is 28.6. The first-order valence-electron chi connectivity index (χ1n) is 15.6. The van der Waals surface area contributed by atoms with Gasteiger partial charge in [-0.25, -0.2) is 4.79 Å². The van der Waals surface area contributed by atoms with Crippen LogP contribution in [-0.4, -0.2) is 78.8 Å². The van der Waals surface area contributed by atoms with Gasteiger partial charge in [0.2, 0.25) is 5.91 Å². The molecule has 0 heterocycles. The van der Waals surface area contributed by atoms with Gasteiger partial charge in [0, 0.05) is 12.3 Å². The van der Waals surface area contributed by atoms with E-state index in [0.717, 1.165) is 5.32 Å². The minimum Gasteiger partial charge on any atom is -0.497 e. The van der Waals surface area contributed by atoms with Crippen LogP contribution in [0.5, 0.6) is 11.5 Å². The Morgan fingerprint density at radius 3 is 1.96 bits per heavy atom. The van der Waals surface area contributed by atoms with Crippen LogP contribution in [0.4, 0.5) is 22.0 Å². The summed E-state index contributed by atoms with van der Waals surface area (Å²) in [5.74, 6) is -10.9. The Morgan fingerprint density at radius 2 is 1.46 bits per heavy atom. The van der Waals surface area contributed by atoms with E-state index < -0.39 is 84.3 Å². The Labute approximate surface area is 287 Å². The fraction of sp³-hybridized carbons (Fsp3) is 0.529. The fourth-order valence-electron chi connectivity index (χ4n) is 4.74. The number of benzene rings is 2. The predicted molar refractivity (Wildman–Crippen MR) is 171 cm³/mol. The number of hydrogen-bond donors (Lipinski definition) is 4. The van der Waals surface area contributed by atoms with Crippen LogP contribution in [0.25, 0.3) is 0 Å². The molecule has 0 saturated carbocycles. The van der Waals surface area contributed by atoms with Crippen LogP contribution in [0.1, 0.15) is 58.2 Å². The third kappa shape index (κ3) is 13.2. The average molecular weight is 718 g/mol. The molecule has 50 heavy (non-hydrogen) atoms. The molecule has 0 unspecified atom stereocenters. The molecule has 0 aromatic heterocycles. The molecule has 2 amide bonds. The molecule has 0 saturated heterocycles. The molecule has 11 nitrogen and oxygen atoms in total. The quantitative estimate of drug-likeness (QED) is 0.140. The highest BCUT2D eigenvalue weighted by Crippen LogP contribution is 2.33. The van der Waals surface area contributed by atoms with Gasteiger partial charge in [-0.15, -0.1) is 0 Å². The van der Waals surface area contributed by atoms with Gasteiger partial charge in [0.25, 0.3) is 5.91 Å². The van der Waals surface area contributed by atoms with E-state index in [1.54, 1.807) is 45.0 Å². The molecule has 0 radical (unpaired) electrons. The third-order valence-electron chi connectivity index (χ3n) is 7.37. The smallest absolute Gasteiger partial charge is 0.405 e. The van der Waals surface area contributed by atoms with E-state index in [1.807, 2.05) is 0 Å². The summed E-state index contributed by atoms with van der Waals surface area (Å²) >= 11 is 0. The number of hydrogen-bond acceptors (Lipinski definition) is 9. The highest BCUT2D eigenvalue weighted by molar-refractivity contribution is 5.92. The van der Waals surface area contributed by atoms with Crippen LogP contribution in [-0.2, 0) is 30.3 Å². The Bertz CT molecular complexity index is 1440. The first-order chi connectivity index (χ1) is 23.0. The summed E-state index contributed by atoms with van der Waals surface area (Å²) in [7, 11) is 1.40. The number of aliphatic hydroxyl groups excluding tert-OH is 1. The highest BCUT2D eigenvalue weighted by Gasteiger charge is 2.52. The molecule has 0 fully saturated rings. The van der Waals surface area contributed by atoms with Crippen molar-refractivity contribution in [3.8, 4) is 11.5 Å². The number of esters is 1. The number of aliphatic hydroxyl groups is 1. The van der Waals surface area contributed by atoms with Crippen molar-refractivity contribution < 1.29 is 60.4 Å². The molecule has 0 aliphatic heterocycles. The number of methoxy groups -OCH3 is 1. The van der Waals surface area contributed by atoms with Crippen molar-refractivity contribution in [3.63, 3.8) is 0 Å². The van der Waals surface area contributed by atoms with Crippen molar-refractivity contribution in [2.75, 3.05) is 20.3 Å². The largest absolute Gasteiger partial charge is 0.497 e. The molecule has 278 valence electrons. The number of carbonyl (C=O) groups is 4. The van der Waals surface area contributed by atoms with Gasteiger partial charge >= 0.3 is 18.1 Å². The Morgan fingerprint density at radius 1 is 0.900 bits per heavy atom. The van der Waals surface area contributed by atoms with E-state index in [2.05, 4.69) is 5.32 Å². The minimum absolute atomic E-state index is 0.00566. The second-order valence-corrected chi connectivity index (χ2v) is 13.0. The number of ketones is 1. The predicted octanol–water partition coefficient (Wildman–Crippen LogP) is 4.05. The van der Waals surface area contributed by atoms with Gasteiger partial charge < -0.3 is 35.7 Å². The minimum atomic E-state index is -4.98. The van der Waals surface area contributed by atoms with Crippen LogP contribution >= 0.6 is 0 Å². The van der Waals surface area contributed by atoms with E-state index in [9.17, 15) is 46.2 Å². The van der Waals surface area contributed by atoms with Gasteiger partial charge in [-0.3, -0.25) is 14.4 Å². The number of halogens is 5. The Kier molecular flexibility index (Phi) is 14.7. The Balaban J connectivity index is 2.21. The molecule has 0 aliphatic rings. The molecular formula is C34H44F5N3O8. The van der Waals surface area contributed by atoms with Gasteiger partial charge in [0.05, 0.1) is 13.2 Å². The molecular weight excluding hydrogens is 673 g/mol. The lowest BCUT2D eigenvalue weighted by atomic mass is 9.81. The maximum Gasteiger partial charge on any atom is 0.405 e. The molecule has 0 aliphatic carbocycles. The number of carbonyl (C=O) groups excluding carboxylic acids is 4. The number of nitrogens with one attached hydrogen (secondary N) is 2. The number of alkyl halides is 5. The first-order valence-corrected chi connectivity index (χ1v) is 15.6. The van der Waals surface area contributed by atoms with Gasteiger partial charge in [-0.2, -0.15) is 22.0 Å². The molecule has 2 rings (SSSR count). The summed E-state index contributed by atoms with van der Waals surface area (Å²) in [5.41, 5.74) is 6.30. The first kappa shape index (κ1) is 41.9. The zero-order valence-corrected chi connectivity index (χ0v) is 28.6. The van der Waals surface area contributed by atoms with E-state index in [0.29, 0.717) is 17.1 Å². The van der Waals surface area contributed by atoms with E-state index in [1.165, 1.54) is 45.2 Å². The maximum absolute atomic E-state index is 14.9. The van der Waals surface area contributed by atoms with E-state index in [-0.39, 0.29) is 18.6 Å². The standard InChI is InChI=1S/C34H44F5N3O8/c1-19(2)24(29(45)34(38,39)31(47)41-18-33(35,36)37)16-26(43)28(21-9-13-22(48-6)14-10-21)42-30(46)25(40)15-20-7-11-23(12-8-20)49-17-27(44)50-32(3,4)5/h7-14,19,24-25,28-29,45H,15-18,40H2,1-6H3,(H,41,47)(H,42,46)/t24-,25-,28-,29+/m0/s1. The third-order valence-corrected chi connectivity index (χ3v) is 7.37. The number of Topliss-reactive ketones (excluding diaryl/α,β-unsaturated/α-hetero) is 1. The van der Waals surface area contributed by atoms with Crippen LogP contribution in [0.3, 0.4) is 0 Å². The van der Waals surface area contributed by atoms with Crippen LogP contribution in [0.15, 0.2) is 48.5 Å². The van der Waals surface area contributed by atoms with Crippen molar-refractivity contribution in [3.05, 3.63) is 59.7 Å². The van der Waals surface area contributed by atoms with Crippen molar-refractivity contribution in [1.29, 1.82) is 0 Å². The normalized spacial score (nSPS) is 14.6. The molecule has 5 N–H and O–H groups in total. The lowest BCUT2D eigenvalue weighted by Crippen LogP contribution is -2.54. The monoisotopic (exact) mass is 717 g/mol. The van der Waals surface area contributed by atoms with Crippen molar-refractivity contribution in [2.45, 2.75) is 83.3 Å². The molecule has 0 bridgehead atoms. The summed E-state index contributed by atoms with van der Waals surface area (Å²) < 4.78 is 83.0. The molecule has 2 aromatic carbocycles. The lowest BCUT2D eigenvalue weighted by molar-refractivity contribution is -0.178. The van der Waals surface area contributed by atoms with E-state index in [4.69, 9.17) is 19.9 Å². The SMILES string of the molecule is COc1ccc([C@H](NC(=O)[C@@H](N)Cc2ccc(OCC(=O)OC(C)(C)C)cc2)C(=O)C[C@@H](C(C)C)[C@@H](O)C(F)(F)C(=O)NCC(F)(F)F)cc1. The maximum atomic E-state index is 14.9. The second-order valence-electron chi connectivity index (χ2n) is 13.0. The summed E-state index contributed by atoms with van der Waals surface area (Å²) in [6, 6.07) is 9.56. The average Bonchev–Trinajstić information content (AvgIpc) is 3.02. The number of amides is 2. The van der Waals surface area contributed by atoms with Gasteiger partial charge in [0.15, 0.2) is 12.4 Å². The van der Waals surface area contributed by atoms with Crippen LogP contribution < -0.4 is 25.8 Å². The van der Waals surface area contributed by atoms with Gasteiger partial charge in [-0.05, 0) is 68.5 Å². The van der Waals surface area contributed by atoms with Gasteiger partial charge in [0.1, 0.15) is 35.8 Å². The molecule has 0 spiro atoms. The molecule has 16 heteroatoms.